The molecule has 0 saturated heterocycles. The molecular formula is C11H9ClN4O. The van der Waals surface area contributed by atoms with Gasteiger partial charge in [0.1, 0.15) is 23.0 Å². The number of rotatable bonds is 1. The Hall–Kier alpha value is -1.88. The van der Waals surface area contributed by atoms with Crippen LogP contribution >= 0.6 is 11.6 Å². The van der Waals surface area contributed by atoms with Crippen molar-refractivity contribution in [3.8, 4) is 11.4 Å². The van der Waals surface area contributed by atoms with E-state index in [9.17, 15) is 0 Å². The molecule has 0 fully saturated rings. The van der Waals surface area contributed by atoms with Crippen LogP contribution in [0.15, 0.2) is 22.8 Å². The molecule has 0 amide bonds. The third-order valence-corrected chi connectivity index (χ3v) is 2.71. The van der Waals surface area contributed by atoms with E-state index in [1.807, 2.05) is 24.3 Å². The van der Waals surface area contributed by atoms with Gasteiger partial charge in [-0.3, -0.25) is 4.40 Å². The first-order valence-corrected chi connectivity index (χ1v) is 5.47. The highest BCUT2D eigenvalue weighted by atomic mass is 35.5. The highest BCUT2D eigenvalue weighted by Gasteiger charge is 2.13. The molecule has 0 N–H and O–H groups in total. The summed E-state index contributed by atoms with van der Waals surface area (Å²) in [6, 6.07) is 3.59. The van der Waals surface area contributed by atoms with Crippen molar-refractivity contribution in [3.63, 3.8) is 0 Å². The van der Waals surface area contributed by atoms with Crippen LogP contribution in [-0.4, -0.2) is 19.6 Å². The quantitative estimate of drug-likeness (QED) is 0.621. The number of nitrogens with zero attached hydrogens (tertiary/aromatic N) is 4. The summed E-state index contributed by atoms with van der Waals surface area (Å²) >= 11 is 5.87. The minimum atomic E-state index is 0.414. The minimum Gasteiger partial charge on any atom is -0.469 e. The van der Waals surface area contributed by atoms with Gasteiger partial charge in [0.15, 0.2) is 11.5 Å². The summed E-state index contributed by atoms with van der Waals surface area (Å²) in [6.07, 6.45) is 1.65. The second-order valence-corrected chi connectivity index (χ2v) is 4.18. The Bertz CT molecular complexity index is 701. The molecule has 0 aliphatic heterocycles. The maximum Gasteiger partial charge on any atom is 0.173 e. The third-order valence-electron chi connectivity index (χ3n) is 2.52. The van der Waals surface area contributed by atoms with Gasteiger partial charge in [0.05, 0.1) is 5.56 Å². The molecule has 0 spiro atoms. The van der Waals surface area contributed by atoms with Crippen LogP contribution in [0.1, 0.15) is 11.6 Å². The fourth-order valence-corrected chi connectivity index (χ4v) is 2.02. The molecule has 0 aliphatic carbocycles. The van der Waals surface area contributed by atoms with Crippen LogP contribution in [0.2, 0.25) is 5.15 Å². The first-order valence-electron chi connectivity index (χ1n) is 5.09. The van der Waals surface area contributed by atoms with Crippen LogP contribution in [0.25, 0.3) is 17.0 Å². The van der Waals surface area contributed by atoms with Gasteiger partial charge in [-0.25, -0.2) is 4.98 Å². The van der Waals surface area contributed by atoms with Gasteiger partial charge in [-0.15, -0.1) is 10.2 Å². The van der Waals surface area contributed by atoms with Gasteiger partial charge in [-0.05, 0) is 19.9 Å². The fourth-order valence-electron chi connectivity index (χ4n) is 1.80. The second kappa shape index (κ2) is 3.56. The maximum atomic E-state index is 5.87. The Balaban J connectivity index is 2.31. The van der Waals surface area contributed by atoms with E-state index < -0.39 is 0 Å². The Morgan fingerprint density at radius 1 is 1.24 bits per heavy atom. The number of furan rings is 1. The molecular weight excluding hydrogens is 240 g/mol. The number of fused-ring (bicyclic) bond motifs is 1. The summed E-state index contributed by atoms with van der Waals surface area (Å²) in [5, 5.41) is 8.62. The van der Waals surface area contributed by atoms with E-state index in [1.165, 1.54) is 0 Å². The van der Waals surface area contributed by atoms with Crippen molar-refractivity contribution in [2.24, 2.45) is 0 Å². The highest BCUT2D eigenvalue weighted by Crippen LogP contribution is 2.22. The zero-order valence-electron chi connectivity index (χ0n) is 9.31. The Kier molecular flexibility index (Phi) is 2.16. The van der Waals surface area contributed by atoms with Crippen molar-refractivity contribution >= 4 is 17.2 Å². The van der Waals surface area contributed by atoms with Gasteiger partial charge < -0.3 is 4.42 Å². The van der Waals surface area contributed by atoms with Crippen LogP contribution in [0.3, 0.4) is 0 Å². The molecule has 3 heterocycles. The van der Waals surface area contributed by atoms with Crippen molar-refractivity contribution in [1.82, 2.24) is 19.6 Å². The first kappa shape index (κ1) is 10.3. The lowest BCUT2D eigenvalue weighted by Crippen LogP contribution is -1.97. The molecule has 0 aromatic carbocycles. The number of halogens is 1. The van der Waals surface area contributed by atoms with E-state index in [2.05, 4.69) is 15.2 Å². The molecule has 6 heteroatoms. The van der Waals surface area contributed by atoms with Crippen molar-refractivity contribution in [2.45, 2.75) is 13.8 Å². The van der Waals surface area contributed by atoms with E-state index in [0.717, 1.165) is 17.1 Å². The molecule has 86 valence electrons. The number of hydrogen-bond donors (Lipinski definition) is 0. The normalized spacial score (nSPS) is 11.2. The van der Waals surface area contributed by atoms with E-state index in [1.54, 1.807) is 12.3 Å². The van der Waals surface area contributed by atoms with Gasteiger partial charge in [0, 0.05) is 6.07 Å². The van der Waals surface area contributed by atoms with Gasteiger partial charge >= 0.3 is 0 Å². The smallest absolute Gasteiger partial charge is 0.173 e. The molecule has 0 unspecified atom stereocenters. The third kappa shape index (κ3) is 1.59. The molecule has 3 aromatic heterocycles. The second-order valence-electron chi connectivity index (χ2n) is 3.79. The zero-order chi connectivity index (χ0) is 12.0. The van der Waals surface area contributed by atoms with E-state index in [4.69, 9.17) is 16.0 Å². The number of hydrogen-bond acceptors (Lipinski definition) is 4. The predicted octanol–water partition coefficient (Wildman–Crippen LogP) is 2.65. The molecule has 5 nitrogen and oxygen atoms in total. The van der Waals surface area contributed by atoms with Crippen molar-refractivity contribution in [2.75, 3.05) is 0 Å². The number of aromatic nitrogens is 4. The van der Waals surface area contributed by atoms with Crippen LogP contribution in [0.4, 0.5) is 0 Å². The average Bonchev–Trinajstić information content (AvgIpc) is 2.83. The van der Waals surface area contributed by atoms with E-state index in [-0.39, 0.29) is 0 Å². The molecule has 0 bridgehead atoms. The highest BCUT2D eigenvalue weighted by molar-refractivity contribution is 6.29. The molecule has 17 heavy (non-hydrogen) atoms. The standard InChI is InChI=1S/C11H9ClN4O/c1-6-3-8(5-17-6)11-15-14-10-4-9(12)13-7(2)16(10)11/h3-5H,1-2H3. The monoisotopic (exact) mass is 248 g/mol. The lowest BCUT2D eigenvalue weighted by molar-refractivity contribution is 0.534. The summed E-state index contributed by atoms with van der Waals surface area (Å²) in [7, 11) is 0. The van der Waals surface area contributed by atoms with Gasteiger partial charge in [-0.2, -0.15) is 0 Å². The summed E-state index contributed by atoms with van der Waals surface area (Å²) in [6.45, 7) is 3.74. The first-order chi connectivity index (χ1) is 8.15. The summed E-state index contributed by atoms with van der Waals surface area (Å²) in [5.41, 5.74) is 1.55. The zero-order valence-corrected chi connectivity index (χ0v) is 10.1. The SMILES string of the molecule is Cc1cc(-c2nnc3cc(Cl)nc(C)n23)co1. The van der Waals surface area contributed by atoms with Gasteiger partial charge in [0.25, 0.3) is 0 Å². The fraction of sp³-hybridized carbons (Fsp3) is 0.182. The molecule has 0 saturated carbocycles. The topological polar surface area (TPSA) is 56.2 Å². The predicted molar refractivity (Wildman–Crippen MR) is 63.0 cm³/mol. The van der Waals surface area contributed by atoms with Crippen LogP contribution in [0, 0.1) is 13.8 Å². The van der Waals surface area contributed by atoms with Crippen LogP contribution in [0.5, 0.6) is 0 Å². The molecule has 3 aromatic rings. The van der Waals surface area contributed by atoms with Crippen LogP contribution < -0.4 is 0 Å². The Labute approximate surface area is 102 Å². The lowest BCUT2D eigenvalue weighted by Gasteiger charge is -2.01. The Morgan fingerprint density at radius 3 is 2.76 bits per heavy atom. The van der Waals surface area contributed by atoms with Gasteiger partial charge in [-0.1, -0.05) is 11.6 Å². The van der Waals surface area contributed by atoms with Crippen molar-refractivity contribution in [3.05, 3.63) is 35.1 Å². The van der Waals surface area contributed by atoms with Crippen molar-refractivity contribution < 1.29 is 4.42 Å². The summed E-state index contributed by atoms with van der Waals surface area (Å²) in [5.74, 6) is 2.28. The van der Waals surface area contributed by atoms with Crippen molar-refractivity contribution in [1.29, 1.82) is 0 Å². The minimum absolute atomic E-state index is 0.414. The van der Waals surface area contributed by atoms with Gasteiger partial charge in [0.2, 0.25) is 0 Å². The number of aryl methyl sites for hydroxylation is 2. The maximum absolute atomic E-state index is 5.87. The lowest BCUT2D eigenvalue weighted by atomic mass is 10.3. The summed E-state index contributed by atoms with van der Waals surface area (Å²) in [4.78, 5) is 4.18. The van der Waals surface area contributed by atoms with E-state index in [0.29, 0.717) is 16.6 Å². The largest absolute Gasteiger partial charge is 0.469 e. The molecule has 0 aliphatic rings. The molecule has 0 atom stereocenters. The molecule has 0 radical (unpaired) electrons. The average molecular weight is 249 g/mol. The Morgan fingerprint density at radius 2 is 2.06 bits per heavy atom. The summed E-state index contributed by atoms with van der Waals surface area (Å²) < 4.78 is 7.12. The van der Waals surface area contributed by atoms with E-state index >= 15 is 0 Å². The van der Waals surface area contributed by atoms with Crippen LogP contribution in [-0.2, 0) is 0 Å². The molecule has 3 rings (SSSR count).